The fourth-order valence-corrected chi connectivity index (χ4v) is 1.19. The van der Waals surface area contributed by atoms with E-state index in [1.54, 1.807) is 18.6 Å². The smallest absolute Gasteiger partial charge is 0.239 e. The van der Waals surface area contributed by atoms with Gasteiger partial charge in [-0.1, -0.05) is 0 Å². The van der Waals surface area contributed by atoms with E-state index >= 15 is 0 Å². The monoisotopic (exact) mass is 176 g/mol. The third kappa shape index (κ3) is 1.35. The molecule has 0 radical (unpaired) electrons. The average Bonchev–Trinajstić information content (AvgIpc) is 2.48. The van der Waals surface area contributed by atoms with E-state index in [2.05, 4.69) is 10.1 Å². The molecule has 2 N–H and O–H groups in total. The summed E-state index contributed by atoms with van der Waals surface area (Å²) in [5.74, 6) is -0.408. The molecule has 0 aromatic carbocycles. The van der Waals surface area contributed by atoms with Gasteiger partial charge in [0.15, 0.2) is 0 Å². The topological polar surface area (TPSA) is 73.8 Å². The molecule has 0 atom stereocenters. The molecule has 5 nitrogen and oxygen atoms in total. The lowest BCUT2D eigenvalue weighted by Crippen LogP contribution is -2.19. The lowest BCUT2D eigenvalue weighted by molar-refractivity contribution is -0.118. The van der Waals surface area contributed by atoms with Crippen LogP contribution < -0.4 is 5.73 Å². The van der Waals surface area contributed by atoms with Crippen molar-refractivity contribution in [1.82, 2.24) is 14.8 Å². The van der Waals surface area contributed by atoms with Crippen LogP contribution in [-0.4, -0.2) is 20.7 Å². The minimum Gasteiger partial charge on any atom is -0.368 e. The van der Waals surface area contributed by atoms with Crippen molar-refractivity contribution in [2.24, 2.45) is 5.73 Å². The minimum absolute atomic E-state index is 0.0925. The maximum absolute atomic E-state index is 10.7. The first kappa shape index (κ1) is 7.72. The van der Waals surface area contributed by atoms with Crippen molar-refractivity contribution >= 4 is 16.8 Å². The van der Waals surface area contributed by atoms with Gasteiger partial charge in [-0.3, -0.25) is 14.5 Å². The summed E-state index contributed by atoms with van der Waals surface area (Å²) >= 11 is 0. The summed E-state index contributed by atoms with van der Waals surface area (Å²) in [7, 11) is 0. The normalized spacial score (nSPS) is 10.5. The first-order valence-corrected chi connectivity index (χ1v) is 3.81. The van der Waals surface area contributed by atoms with Gasteiger partial charge in [0.25, 0.3) is 0 Å². The van der Waals surface area contributed by atoms with Gasteiger partial charge in [0.2, 0.25) is 5.91 Å². The minimum atomic E-state index is -0.408. The van der Waals surface area contributed by atoms with Crippen LogP contribution in [0.5, 0.6) is 0 Å². The molecule has 5 heteroatoms. The van der Waals surface area contributed by atoms with Crippen molar-refractivity contribution < 1.29 is 4.79 Å². The zero-order chi connectivity index (χ0) is 9.26. The number of nitrogens with zero attached hydrogens (tertiary/aromatic N) is 3. The summed E-state index contributed by atoms with van der Waals surface area (Å²) in [6.45, 7) is 0.0925. The summed E-state index contributed by atoms with van der Waals surface area (Å²) in [5.41, 5.74) is 5.88. The van der Waals surface area contributed by atoms with Gasteiger partial charge >= 0.3 is 0 Å². The number of pyridine rings is 1. The molecule has 66 valence electrons. The molecule has 0 fully saturated rings. The summed E-state index contributed by atoms with van der Waals surface area (Å²) in [6.07, 6.45) is 5.02. The van der Waals surface area contributed by atoms with Gasteiger partial charge in [-0.2, -0.15) is 5.10 Å². The van der Waals surface area contributed by atoms with E-state index in [9.17, 15) is 4.79 Å². The number of carbonyl (C=O) groups is 1. The van der Waals surface area contributed by atoms with Crippen LogP contribution in [0.4, 0.5) is 0 Å². The van der Waals surface area contributed by atoms with Crippen LogP contribution in [0, 0.1) is 0 Å². The molecule has 0 aliphatic rings. The molecule has 2 heterocycles. The maximum atomic E-state index is 10.7. The fraction of sp³-hybridized carbons (Fsp3) is 0.125. The van der Waals surface area contributed by atoms with Crippen molar-refractivity contribution in [3.63, 3.8) is 0 Å². The van der Waals surface area contributed by atoms with Gasteiger partial charge in [-0.15, -0.1) is 0 Å². The number of primary amides is 1. The Morgan fingerprint density at radius 3 is 3.15 bits per heavy atom. The SMILES string of the molecule is NC(=O)Cn1ncc2ccncc21. The molecule has 2 aromatic rings. The Labute approximate surface area is 74.2 Å². The van der Waals surface area contributed by atoms with E-state index in [4.69, 9.17) is 5.73 Å². The largest absolute Gasteiger partial charge is 0.368 e. The van der Waals surface area contributed by atoms with Gasteiger partial charge < -0.3 is 5.73 Å². The molecular formula is C8H8N4O. The Hall–Kier alpha value is -1.91. The molecule has 0 saturated carbocycles. The number of amides is 1. The predicted molar refractivity (Wildman–Crippen MR) is 46.7 cm³/mol. The Morgan fingerprint density at radius 1 is 1.54 bits per heavy atom. The Morgan fingerprint density at radius 2 is 2.38 bits per heavy atom. The Balaban J connectivity index is 2.51. The molecule has 2 rings (SSSR count). The van der Waals surface area contributed by atoms with E-state index in [0.717, 1.165) is 10.9 Å². The zero-order valence-electron chi connectivity index (χ0n) is 6.84. The third-order valence-corrected chi connectivity index (χ3v) is 1.75. The second kappa shape index (κ2) is 2.85. The van der Waals surface area contributed by atoms with Crippen molar-refractivity contribution in [3.8, 4) is 0 Å². The van der Waals surface area contributed by atoms with Gasteiger partial charge in [0.1, 0.15) is 6.54 Å². The van der Waals surface area contributed by atoms with Crippen molar-refractivity contribution in [2.75, 3.05) is 0 Å². The maximum Gasteiger partial charge on any atom is 0.239 e. The quantitative estimate of drug-likeness (QED) is 0.695. The predicted octanol–water partition coefficient (Wildman–Crippen LogP) is -0.0834. The van der Waals surface area contributed by atoms with Gasteiger partial charge in [-0.05, 0) is 6.07 Å². The number of aromatic nitrogens is 3. The van der Waals surface area contributed by atoms with Gasteiger partial charge in [0.05, 0.1) is 17.9 Å². The molecular weight excluding hydrogens is 168 g/mol. The van der Waals surface area contributed by atoms with Crippen LogP contribution in [-0.2, 0) is 11.3 Å². The number of hydrogen-bond acceptors (Lipinski definition) is 3. The number of carbonyl (C=O) groups excluding carboxylic acids is 1. The van der Waals surface area contributed by atoms with E-state index in [1.807, 2.05) is 6.07 Å². The Bertz CT molecular complexity index is 448. The fourth-order valence-electron chi connectivity index (χ4n) is 1.19. The highest BCUT2D eigenvalue weighted by atomic mass is 16.1. The number of rotatable bonds is 2. The number of fused-ring (bicyclic) bond motifs is 1. The summed E-state index contributed by atoms with van der Waals surface area (Å²) in [5, 5.41) is 4.97. The summed E-state index contributed by atoms with van der Waals surface area (Å²) in [6, 6.07) is 1.83. The lowest BCUT2D eigenvalue weighted by Gasteiger charge is -1.97. The number of nitrogens with two attached hydrogens (primary N) is 1. The molecule has 1 amide bonds. The van der Waals surface area contributed by atoms with Crippen LogP contribution in [0.15, 0.2) is 24.7 Å². The second-order valence-corrected chi connectivity index (χ2v) is 2.70. The third-order valence-electron chi connectivity index (χ3n) is 1.75. The van der Waals surface area contributed by atoms with Crippen molar-refractivity contribution in [3.05, 3.63) is 24.7 Å². The number of hydrogen-bond donors (Lipinski definition) is 1. The first-order chi connectivity index (χ1) is 6.27. The highest BCUT2D eigenvalue weighted by Crippen LogP contribution is 2.10. The molecule has 0 unspecified atom stereocenters. The van der Waals surface area contributed by atoms with Gasteiger partial charge in [0, 0.05) is 11.6 Å². The molecule has 2 aromatic heterocycles. The van der Waals surface area contributed by atoms with Crippen LogP contribution in [0.25, 0.3) is 10.9 Å². The molecule has 0 aliphatic heterocycles. The molecule has 13 heavy (non-hydrogen) atoms. The Kier molecular flexibility index (Phi) is 1.70. The standard InChI is InChI=1S/C8H8N4O/c9-8(13)5-12-7-4-10-2-1-6(7)3-11-12/h1-4H,5H2,(H2,9,13). The molecule has 0 saturated heterocycles. The van der Waals surface area contributed by atoms with E-state index in [-0.39, 0.29) is 6.54 Å². The van der Waals surface area contributed by atoms with Crippen LogP contribution in [0.3, 0.4) is 0 Å². The molecule has 0 bridgehead atoms. The van der Waals surface area contributed by atoms with Crippen LogP contribution in [0.2, 0.25) is 0 Å². The molecule has 0 aliphatic carbocycles. The van der Waals surface area contributed by atoms with Crippen molar-refractivity contribution in [1.29, 1.82) is 0 Å². The van der Waals surface area contributed by atoms with Crippen LogP contribution >= 0.6 is 0 Å². The average molecular weight is 176 g/mol. The highest BCUT2D eigenvalue weighted by Gasteiger charge is 2.03. The van der Waals surface area contributed by atoms with Crippen LogP contribution in [0.1, 0.15) is 0 Å². The summed E-state index contributed by atoms with van der Waals surface area (Å²) < 4.78 is 1.53. The van der Waals surface area contributed by atoms with E-state index in [1.165, 1.54) is 4.68 Å². The highest BCUT2D eigenvalue weighted by molar-refractivity contribution is 5.80. The lowest BCUT2D eigenvalue weighted by atomic mass is 10.3. The van der Waals surface area contributed by atoms with E-state index < -0.39 is 5.91 Å². The second-order valence-electron chi connectivity index (χ2n) is 2.70. The van der Waals surface area contributed by atoms with E-state index in [0.29, 0.717) is 0 Å². The zero-order valence-corrected chi connectivity index (χ0v) is 6.84. The van der Waals surface area contributed by atoms with Crippen molar-refractivity contribution in [2.45, 2.75) is 6.54 Å². The summed E-state index contributed by atoms with van der Waals surface area (Å²) in [4.78, 5) is 14.6. The molecule has 0 spiro atoms. The van der Waals surface area contributed by atoms with Gasteiger partial charge in [-0.25, -0.2) is 0 Å². The first-order valence-electron chi connectivity index (χ1n) is 3.81.